The number of rotatable bonds is 5. The van der Waals surface area contributed by atoms with Gasteiger partial charge in [0.05, 0.1) is 5.92 Å². The number of nitrogens with zero attached hydrogens (tertiary/aromatic N) is 1. The van der Waals surface area contributed by atoms with Crippen LogP contribution in [-0.2, 0) is 18.4 Å². The summed E-state index contributed by atoms with van der Waals surface area (Å²) < 4.78 is 1.97. The van der Waals surface area contributed by atoms with Crippen LogP contribution in [0.2, 0.25) is 0 Å². The number of carbonyl (C=O) groups excluding carboxylic acids is 1. The SMILES string of the molecule is Cn1ccc(CNC(=O)C(CN)CC(C)(C)C)c1. The Labute approximate surface area is 110 Å². The molecule has 0 fully saturated rings. The first-order valence-corrected chi connectivity index (χ1v) is 6.40. The van der Waals surface area contributed by atoms with Crippen molar-refractivity contribution in [1.82, 2.24) is 9.88 Å². The zero-order valence-electron chi connectivity index (χ0n) is 11.9. The normalized spacial score (nSPS) is 13.4. The molecule has 1 aromatic heterocycles. The van der Waals surface area contributed by atoms with Gasteiger partial charge in [-0.1, -0.05) is 20.8 Å². The minimum absolute atomic E-state index is 0.0521. The van der Waals surface area contributed by atoms with Crippen molar-refractivity contribution in [2.45, 2.75) is 33.7 Å². The minimum Gasteiger partial charge on any atom is -0.357 e. The van der Waals surface area contributed by atoms with Gasteiger partial charge in [-0.3, -0.25) is 4.79 Å². The highest BCUT2D eigenvalue weighted by atomic mass is 16.1. The first-order valence-electron chi connectivity index (χ1n) is 6.40. The average molecular weight is 251 g/mol. The summed E-state index contributed by atoms with van der Waals surface area (Å²) in [4.78, 5) is 12.0. The fourth-order valence-corrected chi connectivity index (χ4v) is 2.02. The number of amides is 1. The highest BCUT2D eigenvalue weighted by Gasteiger charge is 2.23. The summed E-state index contributed by atoms with van der Waals surface area (Å²) in [5, 5.41) is 2.95. The Morgan fingerprint density at radius 2 is 2.17 bits per heavy atom. The summed E-state index contributed by atoms with van der Waals surface area (Å²) in [5.74, 6) is -0.0509. The van der Waals surface area contributed by atoms with E-state index in [0.717, 1.165) is 12.0 Å². The fourth-order valence-electron chi connectivity index (χ4n) is 2.02. The largest absolute Gasteiger partial charge is 0.357 e. The maximum Gasteiger partial charge on any atom is 0.224 e. The lowest BCUT2D eigenvalue weighted by Gasteiger charge is -2.24. The molecule has 0 bridgehead atoms. The molecule has 0 spiro atoms. The number of aryl methyl sites for hydroxylation is 1. The van der Waals surface area contributed by atoms with Crippen LogP contribution >= 0.6 is 0 Å². The quantitative estimate of drug-likeness (QED) is 0.836. The van der Waals surface area contributed by atoms with Gasteiger partial charge in [-0.25, -0.2) is 0 Å². The summed E-state index contributed by atoms with van der Waals surface area (Å²) in [6, 6.07) is 2.00. The minimum atomic E-state index is -0.103. The van der Waals surface area contributed by atoms with E-state index in [9.17, 15) is 4.79 Å². The molecule has 0 aliphatic rings. The second-order valence-corrected chi connectivity index (χ2v) is 6.10. The fraction of sp³-hybridized carbons (Fsp3) is 0.643. The van der Waals surface area contributed by atoms with Crippen LogP contribution < -0.4 is 11.1 Å². The maximum atomic E-state index is 12.0. The maximum absolute atomic E-state index is 12.0. The number of aromatic nitrogens is 1. The van der Waals surface area contributed by atoms with Crippen LogP contribution in [-0.4, -0.2) is 17.0 Å². The van der Waals surface area contributed by atoms with Gasteiger partial charge in [0.25, 0.3) is 0 Å². The van der Waals surface area contributed by atoms with Crippen LogP contribution in [0.5, 0.6) is 0 Å². The predicted molar refractivity (Wildman–Crippen MR) is 73.9 cm³/mol. The third kappa shape index (κ3) is 4.92. The number of nitrogens with one attached hydrogen (secondary N) is 1. The molecule has 1 amide bonds. The Kier molecular flexibility index (Phi) is 4.96. The first-order chi connectivity index (χ1) is 8.31. The van der Waals surface area contributed by atoms with Crippen LogP contribution in [0.3, 0.4) is 0 Å². The average Bonchev–Trinajstić information content (AvgIpc) is 2.67. The molecular weight excluding hydrogens is 226 g/mol. The van der Waals surface area contributed by atoms with Crippen LogP contribution in [0.25, 0.3) is 0 Å². The van der Waals surface area contributed by atoms with E-state index >= 15 is 0 Å². The Morgan fingerprint density at radius 1 is 1.50 bits per heavy atom. The van der Waals surface area contributed by atoms with Crippen LogP contribution in [0, 0.1) is 11.3 Å². The van der Waals surface area contributed by atoms with Crippen molar-refractivity contribution in [2.75, 3.05) is 6.54 Å². The van der Waals surface area contributed by atoms with Crippen molar-refractivity contribution < 1.29 is 4.79 Å². The smallest absolute Gasteiger partial charge is 0.224 e. The summed E-state index contributed by atoms with van der Waals surface area (Å²) in [6.45, 7) is 7.35. The van der Waals surface area contributed by atoms with E-state index in [2.05, 4.69) is 26.1 Å². The molecule has 1 atom stereocenters. The van der Waals surface area contributed by atoms with Crippen molar-refractivity contribution in [3.05, 3.63) is 24.0 Å². The molecule has 3 N–H and O–H groups in total. The van der Waals surface area contributed by atoms with Crippen LogP contribution in [0.4, 0.5) is 0 Å². The zero-order valence-corrected chi connectivity index (χ0v) is 11.9. The predicted octanol–water partition coefficient (Wildman–Crippen LogP) is 1.65. The van der Waals surface area contributed by atoms with E-state index in [0.29, 0.717) is 13.1 Å². The van der Waals surface area contributed by atoms with E-state index in [-0.39, 0.29) is 17.2 Å². The Morgan fingerprint density at radius 3 is 2.61 bits per heavy atom. The van der Waals surface area contributed by atoms with Crippen molar-refractivity contribution in [3.8, 4) is 0 Å². The molecule has 0 radical (unpaired) electrons. The van der Waals surface area contributed by atoms with E-state index in [4.69, 9.17) is 5.73 Å². The third-order valence-electron chi connectivity index (χ3n) is 2.87. The third-order valence-corrected chi connectivity index (χ3v) is 2.87. The number of carbonyl (C=O) groups is 1. The molecule has 4 heteroatoms. The van der Waals surface area contributed by atoms with Gasteiger partial charge in [0.15, 0.2) is 0 Å². The van der Waals surface area contributed by atoms with Crippen molar-refractivity contribution in [3.63, 3.8) is 0 Å². The van der Waals surface area contributed by atoms with Gasteiger partial charge in [0, 0.05) is 32.5 Å². The molecule has 0 aliphatic heterocycles. The van der Waals surface area contributed by atoms with Crippen LogP contribution in [0.1, 0.15) is 32.8 Å². The molecule has 1 unspecified atom stereocenters. The Hall–Kier alpha value is -1.29. The molecule has 0 aliphatic carbocycles. The number of nitrogens with two attached hydrogens (primary N) is 1. The molecule has 4 nitrogen and oxygen atoms in total. The van der Waals surface area contributed by atoms with Gasteiger partial charge < -0.3 is 15.6 Å². The second-order valence-electron chi connectivity index (χ2n) is 6.10. The monoisotopic (exact) mass is 251 g/mol. The molecule has 1 heterocycles. The molecular formula is C14H25N3O. The molecule has 18 heavy (non-hydrogen) atoms. The Bertz CT molecular complexity index is 390. The van der Waals surface area contributed by atoms with Gasteiger partial charge in [-0.2, -0.15) is 0 Å². The number of hydrogen-bond acceptors (Lipinski definition) is 2. The number of hydrogen-bond donors (Lipinski definition) is 2. The van der Waals surface area contributed by atoms with Gasteiger partial charge in [0.2, 0.25) is 5.91 Å². The molecule has 1 rings (SSSR count). The molecule has 0 saturated carbocycles. The van der Waals surface area contributed by atoms with Gasteiger partial charge in [-0.15, -0.1) is 0 Å². The van der Waals surface area contributed by atoms with Crippen molar-refractivity contribution >= 4 is 5.91 Å². The van der Waals surface area contributed by atoms with Gasteiger partial charge in [0.1, 0.15) is 0 Å². The molecule has 102 valence electrons. The molecule has 1 aromatic rings. The zero-order chi connectivity index (χ0) is 13.8. The van der Waals surface area contributed by atoms with Gasteiger partial charge >= 0.3 is 0 Å². The standard InChI is InChI=1S/C14H25N3O/c1-14(2,3)7-12(8-15)13(18)16-9-11-5-6-17(4)10-11/h5-6,10,12H,7-9,15H2,1-4H3,(H,16,18). The van der Waals surface area contributed by atoms with E-state index in [1.807, 2.05) is 30.1 Å². The van der Waals surface area contributed by atoms with E-state index in [1.54, 1.807) is 0 Å². The lowest BCUT2D eigenvalue weighted by atomic mass is 9.84. The highest BCUT2D eigenvalue weighted by molar-refractivity contribution is 5.78. The summed E-state index contributed by atoms with van der Waals surface area (Å²) in [7, 11) is 1.97. The molecule has 0 aromatic carbocycles. The van der Waals surface area contributed by atoms with Crippen molar-refractivity contribution in [1.29, 1.82) is 0 Å². The summed E-state index contributed by atoms with van der Waals surface area (Å²) in [5.41, 5.74) is 6.92. The summed E-state index contributed by atoms with van der Waals surface area (Å²) >= 11 is 0. The Balaban J connectivity index is 2.47. The lowest BCUT2D eigenvalue weighted by Crippen LogP contribution is -2.36. The summed E-state index contributed by atoms with van der Waals surface area (Å²) in [6.07, 6.45) is 4.78. The second kappa shape index (κ2) is 6.05. The van der Waals surface area contributed by atoms with Gasteiger partial charge in [-0.05, 0) is 23.5 Å². The highest BCUT2D eigenvalue weighted by Crippen LogP contribution is 2.24. The van der Waals surface area contributed by atoms with Crippen molar-refractivity contribution in [2.24, 2.45) is 24.1 Å². The van der Waals surface area contributed by atoms with E-state index in [1.165, 1.54) is 0 Å². The lowest BCUT2D eigenvalue weighted by molar-refractivity contribution is -0.125. The first kappa shape index (κ1) is 14.8. The van der Waals surface area contributed by atoms with E-state index < -0.39 is 0 Å². The van der Waals surface area contributed by atoms with Crippen LogP contribution in [0.15, 0.2) is 18.5 Å². The molecule has 0 saturated heterocycles. The topological polar surface area (TPSA) is 60.0 Å².